The molecule has 0 aliphatic heterocycles. The predicted octanol–water partition coefficient (Wildman–Crippen LogP) is 3.44. The van der Waals surface area contributed by atoms with Gasteiger partial charge in [-0.05, 0) is 24.5 Å². The molecule has 1 aliphatic carbocycles. The molecule has 1 heterocycles. The average Bonchev–Trinajstić information content (AvgIpc) is 3.07. The van der Waals surface area contributed by atoms with Crippen LogP contribution in [0, 0.1) is 10.1 Å². The topological polar surface area (TPSA) is 85.1 Å². The van der Waals surface area contributed by atoms with Crippen molar-refractivity contribution in [1.29, 1.82) is 0 Å². The lowest BCUT2D eigenvalue weighted by atomic mass is 9.78. The molecule has 1 saturated carbocycles. The number of pyridine rings is 1. The first-order valence-electron chi connectivity index (χ1n) is 7.60. The fourth-order valence-corrected chi connectivity index (χ4v) is 3.25. The molecule has 0 atom stereocenters. The minimum atomic E-state index is -0.632. The zero-order valence-electron chi connectivity index (χ0n) is 12.6. The van der Waals surface area contributed by atoms with Gasteiger partial charge in [-0.25, -0.2) is 4.98 Å². The number of nitro groups is 1. The Morgan fingerprint density at radius 2 is 1.83 bits per heavy atom. The van der Waals surface area contributed by atoms with Crippen LogP contribution in [0.4, 0.5) is 11.5 Å². The van der Waals surface area contributed by atoms with Gasteiger partial charge in [0.1, 0.15) is 0 Å². The Hall–Kier alpha value is -2.76. The van der Waals surface area contributed by atoms with E-state index in [0.29, 0.717) is 0 Å². The van der Waals surface area contributed by atoms with Gasteiger partial charge in [0.2, 0.25) is 11.7 Å². The summed E-state index contributed by atoms with van der Waals surface area (Å²) in [4.78, 5) is 27.5. The third kappa shape index (κ3) is 2.79. The van der Waals surface area contributed by atoms with Crippen molar-refractivity contribution in [2.24, 2.45) is 0 Å². The van der Waals surface area contributed by atoms with E-state index in [-0.39, 0.29) is 17.4 Å². The second-order valence-electron chi connectivity index (χ2n) is 5.74. The van der Waals surface area contributed by atoms with Gasteiger partial charge in [0.05, 0.1) is 10.3 Å². The summed E-state index contributed by atoms with van der Waals surface area (Å²) in [6.45, 7) is 0. The van der Waals surface area contributed by atoms with E-state index in [9.17, 15) is 14.9 Å². The maximum atomic E-state index is 12.9. The second-order valence-corrected chi connectivity index (χ2v) is 5.74. The number of aromatic nitrogens is 1. The van der Waals surface area contributed by atoms with Gasteiger partial charge < -0.3 is 5.32 Å². The number of carbonyl (C=O) groups is 1. The highest BCUT2D eigenvalue weighted by molar-refractivity contribution is 6.00. The molecule has 1 aromatic heterocycles. The Morgan fingerprint density at radius 3 is 2.48 bits per heavy atom. The zero-order valence-corrected chi connectivity index (χ0v) is 12.6. The number of amides is 1. The number of nitrogens with zero attached hydrogens (tertiary/aromatic N) is 2. The monoisotopic (exact) mass is 311 g/mol. The van der Waals surface area contributed by atoms with Crippen LogP contribution in [0.5, 0.6) is 0 Å². The standard InChI is InChI=1S/C17H17N3O3/c21-16(19-15-14(20(22)23)9-6-12-18-15)17(10-4-5-11-17)13-7-2-1-3-8-13/h1-3,6-9,12H,4-5,10-11H2,(H,18,19,21). The van der Waals surface area contributed by atoms with Crippen LogP contribution in [0.3, 0.4) is 0 Å². The maximum absolute atomic E-state index is 12.9. The van der Waals surface area contributed by atoms with Gasteiger partial charge >= 0.3 is 5.69 Å². The van der Waals surface area contributed by atoms with E-state index in [1.807, 2.05) is 30.3 Å². The molecule has 0 bridgehead atoms. The smallest absolute Gasteiger partial charge is 0.304 e. The summed E-state index contributed by atoms with van der Waals surface area (Å²) in [7, 11) is 0. The lowest BCUT2D eigenvalue weighted by Gasteiger charge is -2.28. The maximum Gasteiger partial charge on any atom is 0.311 e. The van der Waals surface area contributed by atoms with Crippen molar-refractivity contribution in [3.05, 3.63) is 64.3 Å². The zero-order chi connectivity index (χ0) is 16.3. The molecular weight excluding hydrogens is 294 g/mol. The highest BCUT2D eigenvalue weighted by Crippen LogP contribution is 2.42. The van der Waals surface area contributed by atoms with E-state index in [1.165, 1.54) is 18.3 Å². The van der Waals surface area contributed by atoms with Crippen molar-refractivity contribution < 1.29 is 9.72 Å². The highest BCUT2D eigenvalue weighted by Gasteiger charge is 2.43. The molecule has 0 spiro atoms. The third-order valence-corrected chi connectivity index (χ3v) is 4.43. The number of nitrogens with one attached hydrogen (secondary N) is 1. The first-order valence-corrected chi connectivity index (χ1v) is 7.60. The van der Waals surface area contributed by atoms with Crippen LogP contribution < -0.4 is 5.32 Å². The summed E-state index contributed by atoms with van der Waals surface area (Å²) in [5.74, 6) is -0.215. The number of hydrogen-bond donors (Lipinski definition) is 1. The van der Waals surface area contributed by atoms with Crippen molar-refractivity contribution in [2.75, 3.05) is 5.32 Å². The number of benzene rings is 1. The van der Waals surface area contributed by atoms with Gasteiger partial charge in [-0.3, -0.25) is 14.9 Å². The molecule has 6 nitrogen and oxygen atoms in total. The van der Waals surface area contributed by atoms with E-state index < -0.39 is 10.3 Å². The molecule has 6 heteroatoms. The van der Waals surface area contributed by atoms with Crippen LogP contribution in [-0.2, 0) is 10.2 Å². The van der Waals surface area contributed by atoms with E-state index in [4.69, 9.17) is 0 Å². The predicted molar refractivity (Wildman–Crippen MR) is 86.1 cm³/mol. The van der Waals surface area contributed by atoms with Crippen LogP contribution in [0.1, 0.15) is 31.2 Å². The molecule has 2 aromatic rings. The van der Waals surface area contributed by atoms with Gasteiger partial charge in [-0.1, -0.05) is 43.2 Å². The Balaban J connectivity index is 1.94. The summed E-state index contributed by atoms with van der Waals surface area (Å²) in [6, 6.07) is 12.4. The van der Waals surface area contributed by atoms with E-state index in [0.717, 1.165) is 31.2 Å². The molecule has 0 radical (unpaired) electrons. The van der Waals surface area contributed by atoms with E-state index >= 15 is 0 Å². The summed E-state index contributed by atoms with van der Waals surface area (Å²) in [5.41, 5.74) is 0.128. The van der Waals surface area contributed by atoms with Gasteiger partial charge in [0.15, 0.2) is 0 Å². The molecule has 1 N–H and O–H groups in total. The van der Waals surface area contributed by atoms with Crippen LogP contribution in [-0.4, -0.2) is 15.8 Å². The van der Waals surface area contributed by atoms with Gasteiger partial charge in [-0.15, -0.1) is 0 Å². The Labute approximate surface area is 133 Å². The minimum Gasteiger partial charge on any atom is -0.304 e. The lowest BCUT2D eigenvalue weighted by molar-refractivity contribution is -0.384. The van der Waals surface area contributed by atoms with Crippen LogP contribution in [0.2, 0.25) is 0 Å². The summed E-state index contributed by atoms with van der Waals surface area (Å²) >= 11 is 0. The van der Waals surface area contributed by atoms with Crippen molar-refractivity contribution in [1.82, 2.24) is 4.98 Å². The molecule has 0 saturated heterocycles. The molecule has 1 amide bonds. The number of anilines is 1. The third-order valence-electron chi connectivity index (χ3n) is 4.43. The number of rotatable bonds is 4. The molecule has 3 rings (SSSR count). The first kappa shape index (κ1) is 15.1. The number of carbonyl (C=O) groups excluding carboxylic acids is 1. The van der Waals surface area contributed by atoms with Gasteiger partial charge in [0.25, 0.3) is 0 Å². The number of hydrogen-bond acceptors (Lipinski definition) is 4. The summed E-state index contributed by atoms with van der Waals surface area (Å²) < 4.78 is 0. The minimum absolute atomic E-state index is 0.00436. The summed E-state index contributed by atoms with van der Waals surface area (Å²) in [5, 5.41) is 13.8. The Kier molecular flexibility index (Phi) is 4.06. The molecule has 23 heavy (non-hydrogen) atoms. The quantitative estimate of drug-likeness (QED) is 0.692. The largest absolute Gasteiger partial charge is 0.311 e. The van der Waals surface area contributed by atoms with Gasteiger partial charge in [0, 0.05) is 12.3 Å². The second kappa shape index (κ2) is 6.16. The van der Waals surface area contributed by atoms with Crippen LogP contribution in [0.15, 0.2) is 48.7 Å². The van der Waals surface area contributed by atoms with Crippen molar-refractivity contribution in [2.45, 2.75) is 31.1 Å². The van der Waals surface area contributed by atoms with Crippen molar-refractivity contribution in [3.8, 4) is 0 Å². The fourth-order valence-electron chi connectivity index (χ4n) is 3.25. The Bertz CT molecular complexity index is 725. The molecule has 1 aromatic carbocycles. The highest BCUT2D eigenvalue weighted by atomic mass is 16.6. The lowest BCUT2D eigenvalue weighted by Crippen LogP contribution is -2.38. The molecular formula is C17H17N3O3. The fraction of sp³-hybridized carbons (Fsp3) is 0.294. The normalized spacial score (nSPS) is 16.0. The first-order chi connectivity index (χ1) is 11.1. The van der Waals surface area contributed by atoms with E-state index in [1.54, 1.807) is 0 Å². The SMILES string of the molecule is O=C(Nc1ncccc1[N+](=O)[O-])C1(c2ccccc2)CCCC1. The average molecular weight is 311 g/mol. The molecule has 1 fully saturated rings. The molecule has 118 valence electrons. The Morgan fingerprint density at radius 1 is 1.13 bits per heavy atom. The van der Waals surface area contributed by atoms with Crippen LogP contribution in [0.25, 0.3) is 0 Å². The molecule has 1 aliphatic rings. The molecule has 0 unspecified atom stereocenters. The van der Waals surface area contributed by atoms with Crippen LogP contribution >= 0.6 is 0 Å². The van der Waals surface area contributed by atoms with Gasteiger partial charge in [-0.2, -0.15) is 0 Å². The van der Waals surface area contributed by atoms with Crippen molar-refractivity contribution in [3.63, 3.8) is 0 Å². The summed E-state index contributed by atoms with van der Waals surface area (Å²) in [6.07, 6.45) is 4.85. The van der Waals surface area contributed by atoms with E-state index in [2.05, 4.69) is 10.3 Å². The van der Waals surface area contributed by atoms with Crippen molar-refractivity contribution >= 4 is 17.4 Å².